The Labute approximate surface area is 231 Å². The third kappa shape index (κ3) is 4.20. The highest BCUT2D eigenvalue weighted by Gasteiger charge is 2.18. The summed E-state index contributed by atoms with van der Waals surface area (Å²) < 4.78 is 0. The van der Waals surface area contributed by atoms with Gasteiger partial charge in [0, 0.05) is 22.3 Å². The van der Waals surface area contributed by atoms with E-state index in [1.807, 2.05) is 84.9 Å². The SMILES string of the molecule is N=C1C=Cc2ccc3cc(-c4ccc(-c5nc(-c6ccccc6)nc(-c6ccccc6)n5)cc4)ccc3c2C1=N. The van der Waals surface area contributed by atoms with Gasteiger partial charge in [-0.05, 0) is 39.6 Å². The highest BCUT2D eigenvalue weighted by atomic mass is 15.0. The fourth-order valence-corrected chi connectivity index (χ4v) is 5.08. The Kier molecular flexibility index (Phi) is 5.68. The fourth-order valence-electron chi connectivity index (χ4n) is 5.08. The maximum atomic E-state index is 8.43. The number of nitrogens with one attached hydrogen (secondary N) is 2. The Morgan fingerprint density at radius 1 is 0.450 bits per heavy atom. The molecular weight excluding hydrogens is 490 g/mol. The molecule has 1 heterocycles. The predicted molar refractivity (Wildman–Crippen MR) is 163 cm³/mol. The third-order valence-corrected chi connectivity index (χ3v) is 7.18. The van der Waals surface area contributed by atoms with Gasteiger partial charge < -0.3 is 0 Å². The number of nitrogens with zero attached hydrogens (tertiary/aromatic N) is 3. The van der Waals surface area contributed by atoms with Crippen LogP contribution in [-0.2, 0) is 0 Å². The van der Waals surface area contributed by atoms with Crippen molar-refractivity contribution in [3.05, 3.63) is 132 Å². The van der Waals surface area contributed by atoms with Gasteiger partial charge >= 0.3 is 0 Å². The number of aromatic nitrogens is 3. The zero-order valence-corrected chi connectivity index (χ0v) is 21.5. The van der Waals surface area contributed by atoms with Crippen LogP contribution in [0, 0.1) is 10.8 Å². The normalized spacial score (nSPS) is 12.5. The Bertz CT molecular complexity index is 1900. The molecule has 6 aromatic rings. The second kappa shape index (κ2) is 9.64. The number of hydrogen-bond donors (Lipinski definition) is 2. The van der Waals surface area contributed by atoms with Crippen LogP contribution in [0.4, 0.5) is 0 Å². The van der Waals surface area contributed by atoms with Gasteiger partial charge in [-0.2, -0.15) is 0 Å². The number of hydrogen-bond acceptors (Lipinski definition) is 5. The van der Waals surface area contributed by atoms with Crippen LogP contribution >= 0.6 is 0 Å². The van der Waals surface area contributed by atoms with Crippen LogP contribution in [0.15, 0.2) is 121 Å². The van der Waals surface area contributed by atoms with E-state index in [4.69, 9.17) is 25.8 Å². The van der Waals surface area contributed by atoms with Crippen LogP contribution in [0.1, 0.15) is 11.1 Å². The first kappa shape index (κ1) is 23.6. The molecule has 0 bridgehead atoms. The van der Waals surface area contributed by atoms with E-state index in [0.29, 0.717) is 17.5 Å². The van der Waals surface area contributed by atoms with E-state index in [1.165, 1.54) is 0 Å². The highest BCUT2D eigenvalue weighted by molar-refractivity contribution is 6.53. The molecule has 0 fully saturated rings. The minimum Gasteiger partial charge on any atom is -0.299 e. The average molecular weight is 514 g/mol. The molecule has 5 nitrogen and oxygen atoms in total. The summed E-state index contributed by atoms with van der Waals surface area (Å²) in [4.78, 5) is 14.4. The predicted octanol–water partition coefficient (Wildman–Crippen LogP) is 8.11. The van der Waals surface area contributed by atoms with Crippen molar-refractivity contribution < 1.29 is 0 Å². The van der Waals surface area contributed by atoms with E-state index in [1.54, 1.807) is 6.08 Å². The van der Waals surface area contributed by atoms with Crippen LogP contribution in [0.3, 0.4) is 0 Å². The van der Waals surface area contributed by atoms with Gasteiger partial charge in [-0.15, -0.1) is 0 Å². The van der Waals surface area contributed by atoms with Gasteiger partial charge in [0.05, 0.1) is 11.4 Å². The van der Waals surface area contributed by atoms with E-state index in [9.17, 15) is 0 Å². The van der Waals surface area contributed by atoms with Gasteiger partial charge in [-0.25, -0.2) is 15.0 Å². The van der Waals surface area contributed by atoms with Gasteiger partial charge in [0.2, 0.25) is 0 Å². The lowest BCUT2D eigenvalue weighted by Crippen LogP contribution is -2.16. The average Bonchev–Trinajstić information content (AvgIpc) is 3.03. The van der Waals surface area contributed by atoms with E-state index in [2.05, 4.69) is 36.4 Å². The highest BCUT2D eigenvalue weighted by Crippen LogP contribution is 2.32. The molecule has 0 spiro atoms. The van der Waals surface area contributed by atoms with Crippen molar-refractivity contribution in [2.75, 3.05) is 0 Å². The fraction of sp³-hybridized carbons (Fsp3) is 0. The Balaban J connectivity index is 1.27. The monoisotopic (exact) mass is 513 g/mol. The van der Waals surface area contributed by atoms with Crippen molar-refractivity contribution in [2.45, 2.75) is 0 Å². The molecule has 2 N–H and O–H groups in total. The van der Waals surface area contributed by atoms with Crippen molar-refractivity contribution in [3.8, 4) is 45.3 Å². The zero-order chi connectivity index (χ0) is 27.1. The second-order valence-corrected chi connectivity index (χ2v) is 9.70. The first-order valence-electron chi connectivity index (χ1n) is 13.0. The molecule has 5 heteroatoms. The maximum absolute atomic E-state index is 8.43. The standard InChI is InChI=1S/C35H23N5/c36-30-20-18-23-13-16-28-21-27(17-19-29(28)31(23)32(30)37)22-11-14-26(15-12-22)35-39-33(24-7-3-1-4-8-24)38-34(40-35)25-9-5-2-6-10-25/h1-21,36-37H. The minimum atomic E-state index is 0.240. The molecule has 0 unspecified atom stereocenters. The number of rotatable bonds is 4. The number of allylic oxidation sites excluding steroid dienone is 1. The van der Waals surface area contributed by atoms with Gasteiger partial charge in [0.25, 0.3) is 0 Å². The van der Waals surface area contributed by atoms with Crippen LogP contribution in [-0.4, -0.2) is 26.4 Å². The zero-order valence-electron chi connectivity index (χ0n) is 21.5. The molecule has 0 atom stereocenters. The summed E-state index contributed by atoms with van der Waals surface area (Å²) in [7, 11) is 0. The van der Waals surface area contributed by atoms with Crippen molar-refractivity contribution >= 4 is 28.3 Å². The first-order valence-corrected chi connectivity index (χ1v) is 13.0. The van der Waals surface area contributed by atoms with Gasteiger partial charge in [-0.3, -0.25) is 10.8 Å². The summed E-state index contributed by atoms with van der Waals surface area (Å²) in [5.41, 5.74) is 7.26. The molecule has 0 saturated heterocycles. The quantitative estimate of drug-likeness (QED) is 0.250. The van der Waals surface area contributed by atoms with Crippen molar-refractivity contribution in [2.24, 2.45) is 0 Å². The van der Waals surface area contributed by atoms with Crippen LogP contribution in [0.2, 0.25) is 0 Å². The van der Waals surface area contributed by atoms with E-state index in [0.717, 1.165) is 49.7 Å². The molecular formula is C35H23N5. The van der Waals surface area contributed by atoms with Crippen LogP contribution < -0.4 is 0 Å². The number of benzene rings is 5. The summed E-state index contributed by atoms with van der Waals surface area (Å²) in [6, 6.07) is 38.6. The lowest BCUT2D eigenvalue weighted by atomic mass is 9.88. The molecule has 7 rings (SSSR count). The van der Waals surface area contributed by atoms with E-state index in [-0.39, 0.29) is 11.4 Å². The summed E-state index contributed by atoms with van der Waals surface area (Å²) in [5.74, 6) is 1.90. The van der Waals surface area contributed by atoms with Crippen molar-refractivity contribution in [1.82, 2.24) is 15.0 Å². The Hall–Kier alpha value is -5.55. The lowest BCUT2D eigenvalue weighted by molar-refractivity contribution is 1.07. The van der Waals surface area contributed by atoms with Gasteiger partial charge in [0.15, 0.2) is 17.5 Å². The molecule has 1 aliphatic rings. The summed E-state index contributed by atoms with van der Waals surface area (Å²) in [6.45, 7) is 0. The molecule has 0 aliphatic heterocycles. The molecule has 5 aromatic carbocycles. The Morgan fingerprint density at radius 3 is 1.57 bits per heavy atom. The lowest BCUT2D eigenvalue weighted by Gasteiger charge is -2.16. The van der Waals surface area contributed by atoms with Crippen molar-refractivity contribution in [3.63, 3.8) is 0 Å². The molecule has 0 radical (unpaired) electrons. The van der Waals surface area contributed by atoms with E-state index >= 15 is 0 Å². The molecule has 1 aromatic heterocycles. The number of fused-ring (bicyclic) bond motifs is 3. The molecule has 0 saturated carbocycles. The van der Waals surface area contributed by atoms with Crippen LogP contribution in [0.5, 0.6) is 0 Å². The first-order chi connectivity index (χ1) is 19.6. The van der Waals surface area contributed by atoms with Gasteiger partial charge in [-0.1, -0.05) is 115 Å². The molecule has 0 amide bonds. The maximum Gasteiger partial charge on any atom is 0.164 e. The van der Waals surface area contributed by atoms with Crippen LogP contribution in [0.25, 0.3) is 62.1 Å². The molecule has 1 aliphatic carbocycles. The molecule has 188 valence electrons. The third-order valence-electron chi connectivity index (χ3n) is 7.18. The summed E-state index contributed by atoms with van der Waals surface area (Å²) in [6.07, 6.45) is 3.60. The molecule has 40 heavy (non-hydrogen) atoms. The largest absolute Gasteiger partial charge is 0.299 e. The Morgan fingerprint density at radius 2 is 0.975 bits per heavy atom. The van der Waals surface area contributed by atoms with Gasteiger partial charge in [0.1, 0.15) is 0 Å². The minimum absolute atomic E-state index is 0.240. The van der Waals surface area contributed by atoms with E-state index < -0.39 is 0 Å². The topological polar surface area (TPSA) is 86.4 Å². The summed E-state index contributed by atoms with van der Waals surface area (Å²) >= 11 is 0. The van der Waals surface area contributed by atoms with Crippen molar-refractivity contribution in [1.29, 1.82) is 10.8 Å². The second-order valence-electron chi connectivity index (χ2n) is 9.70. The summed E-state index contributed by atoms with van der Waals surface area (Å²) in [5, 5.41) is 18.5. The smallest absolute Gasteiger partial charge is 0.164 e.